The van der Waals surface area contributed by atoms with Gasteiger partial charge < -0.3 is 29.3 Å². The molecule has 2 bridgehead atoms. The molecule has 0 spiro atoms. The van der Waals surface area contributed by atoms with Crippen LogP contribution in [-0.4, -0.2) is 11.9 Å². The average Bonchev–Trinajstić information content (AvgIpc) is 3.01. The van der Waals surface area contributed by atoms with Crippen LogP contribution < -0.4 is 33.9 Å². The largest absolute Gasteiger partial charge is 1.00 e. The number of pyridine rings is 1. The van der Waals surface area contributed by atoms with Crippen LogP contribution >= 0.6 is 0 Å². The number of rotatable bonds is 3. The molecule has 0 aliphatic heterocycles. The van der Waals surface area contributed by atoms with Gasteiger partial charge in [-0.2, -0.15) is 0 Å². The Labute approximate surface area is 138 Å². The maximum Gasteiger partial charge on any atom is 0.251 e. The number of nitrogens with one attached hydrogen (secondary N) is 1. The lowest BCUT2D eigenvalue weighted by Gasteiger charge is -2.28. The molecule has 20 heavy (non-hydrogen) atoms. The van der Waals surface area contributed by atoms with Gasteiger partial charge in [-0.15, -0.1) is 0 Å². The van der Waals surface area contributed by atoms with Crippen molar-refractivity contribution in [1.82, 2.24) is 5.32 Å². The third-order valence-corrected chi connectivity index (χ3v) is 5.03. The van der Waals surface area contributed by atoms with E-state index >= 15 is 0 Å². The third kappa shape index (κ3) is 3.15. The van der Waals surface area contributed by atoms with Crippen LogP contribution in [0.5, 0.6) is 0 Å². The molecule has 2 fully saturated rings. The van der Waals surface area contributed by atoms with Crippen LogP contribution in [0.1, 0.15) is 43.0 Å². The standard InChI is InChI=1S/C16H22N2O.HI/c1-11(15-10-12-3-4-14(15)9-12)17-16(19)13-5-7-18(2)8-6-13;/h5-8,11-12,14-15H,3-4,9-10H2,1-2H3;1H. The lowest BCUT2D eigenvalue weighted by Crippen LogP contribution is -3.00. The number of amides is 1. The maximum absolute atomic E-state index is 12.2. The summed E-state index contributed by atoms with van der Waals surface area (Å²) in [6.07, 6.45) is 9.32. The van der Waals surface area contributed by atoms with Crippen LogP contribution in [0.2, 0.25) is 0 Å². The molecule has 0 radical (unpaired) electrons. The molecular formula is C16H23IN2O. The molecule has 2 saturated carbocycles. The maximum atomic E-state index is 12.2. The quantitative estimate of drug-likeness (QED) is 0.529. The second kappa shape index (κ2) is 6.41. The highest BCUT2D eigenvalue weighted by atomic mass is 127. The number of fused-ring (bicyclic) bond motifs is 2. The van der Waals surface area contributed by atoms with Crippen molar-refractivity contribution in [3.05, 3.63) is 30.1 Å². The summed E-state index contributed by atoms with van der Waals surface area (Å²) < 4.78 is 1.94. The number of carbonyl (C=O) groups is 1. The number of aromatic nitrogens is 1. The van der Waals surface area contributed by atoms with Crippen LogP contribution in [0.3, 0.4) is 0 Å². The lowest BCUT2D eigenvalue weighted by atomic mass is 9.84. The molecule has 1 aromatic heterocycles. The molecule has 4 unspecified atom stereocenters. The van der Waals surface area contributed by atoms with Crippen molar-refractivity contribution in [3.8, 4) is 0 Å². The van der Waals surface area contributed by atoms with E-state index in [1.807, 2.05) is 36.1 Å². The summed E-state index contributed by atoms with van der Waals surface area (Å²) in [5.74, 6) is 2.55. The number of hydrogen-bond donors (Lipinski definition) is 1. The van der Waals surface area contributed by atoms with Gasteiger partial charge in [0.05, 0.1) is 5.56 Å². The van der Waals surface area contributed by atoms with Gasteiger partial charge in [-0.05, 0) is 43.9 Å². The van der Waals surface area contributed by atoms with Gasteiger partial charge in [0, 0.05) is 18.2 Å². The molecule has 3 nitrogen and oxygen atoms in total. The van der Waals surface area contributed by atoms with E-state index in [4.69, 9.17) is 0 Å². The Balaban J connectivity index is 0.00000147. The Morgan fingerprint density at radius 2 is 2.00 bits per heavy atom. The van der Waals surface area contributed by atoms with Crippen molar-refractivity contribution >= 4 is 5.91 Å². The second-order valence-corrected chi connectivity index (χ2v) is 6.35. The van der Waals surface area contributed by atoms with E-state index in [1.54, 1.807) is 0 Å². The first-order chi connectivity index (χ1) is 9.13. The van der Waals surface area contributed by atoms with Crippen molar-refractivity contribution in [1.29, 1.82) is 0 Å². The Bertz CT molecular complexity index is 474. The summed E-state index contributed by atoms with van der Waals surface area (Å²) >= 11 is 0. The number of aryl methyl sites for hydroxylation is 1. The lowest BCUT2D eigenvalue weighted by molar-refractivity contribution is -0.671. The molecule has 4 heteroatoms. The highest BCUT2D eigenvalue weighted by molar-refractivity contribution is 5.94. The zero-order valence-electron chi connectivity index (χ0n) is 12.2. The predicted molar refractivity (Wildman–Crippen MR) is 73.5 cm³/mol. The van der Waals surface area contributed by atoms with E-state index in [1.165, 1.54) is 25.7 Å². The summed E-state index contributed by atoms with van der Waals surface area (Å²) in [4.78, 5) is 12.2. The molecule has 2 aliphatic carbocycles. The first-order valence-corrected chi connectivity index (χ1v) is 7.39. The average molecular weight is 386 g/mol. The van der Waals surface area contributed by atoms with E-state index in [-0.39, 0.29) is 29.9 Å². The molecule has 0 aromatic carbocycles. The molecule has 0 saturated heterocycles. The highest BCUT2D eigenvalue weighted by Crippen LogP contribution is 2.49. The zero-order chi connectivity index (χ0) is 13.4. The van der Waals surface area contributed by atoms with Crippen molar-refractivity contribution in [2.24, 2.45) is 24.8 Å². The van der Waals surface area contributed by atoms with Gasteiger partial charge in [-0.3, -0.25) is 4.79 Å². The fraction of sp³-hybridized carbons (Fsp3) is 0.625. The van der Waals surface area contributed by atoms with Crippen molar-refractivity contribution in [2.45, 2.75) is 38.6 Å². The summed E-state index contributed by atoms with van der Waals surface area (Å²) in [5, 5.41) is 3.19. The van der Waals surface area contributed by atoms with Crippen molar-refractivity contribution < 1.29 is 33.3 Å². The molecule has 1 amide bonds. The number of carbonyl (C=O) groups excluding carboxylic acids is 1. The first kappa shape index (κ1) is 15.7. The molecule has 1 aromatic rings. The number of hydrogen-bond acceptors (Lipinski definition) is 1. The Morgan fingerprint density at radius 1 is 1.30 bits per heavy atom. The van der Waals surface area contributed by atoms with E-state index in [0.717, 1.165) is 17.4 Å². The van der Waals surface area contributed by atoms with Gasteiger partial charge in [-0.1, -0.05) is 6.42 Å². The molecule has 2 aliphatic rings. The highest BCUT2D eigenvalue weighted by Gasteiger charge is 2.42. The molecule has 1 N–H and O–H groups in total. The first-order valence-electron chi connectivity index (χ1n) is 7.39. The summed E-state index contributed by atoms with van der Waals surface area (Å²) in [7, 11) is 1.96. The molecule has 110 valence electrons. The van der Waals surface area contributed by atoms with Gasteiger partial charge in [0.2, 0.25) is 0 Å². The van der Waals surface area contributed by atoms with Crippen LogP contribution in [0.25, 0.3) is 0 Å². The van der Waals surface area contributed by atoms with Crippen LogP contribution in [0.15, 0.2) is 24.5 Å². The minimum absolute atomic E-state index is 0. The number of halogens is 1. The zero-order valence-corrected chi connectivity index (χ0v) is 14.3. The normalized spacial score (nSPS) is 28.8. The smallest absolute Gasteiger partial charge is 0.251 e. The van der Waals surface area contributed by atoms with E-state index in [9.17, 15) is 4.79 Å². The van der Waals surface area contributed by atoms with Crippen LogP contribution in [-0.2, 0) is 7.05 Å². The van der Waals surface area contributed by atoms with Gasteiger partial charge in [0.25, 0.3) is 5.91 Å². The van der Waals surface area contributed by atoms with Gasteiger partial charge in [0.15, 0.2) is 12.4 Å². The minimum atomic E-state index is 0. The van der Waals surface area contributed by atoms with Crippen LogP contribution in [0.4, 0.5) is 0 Å². The predicted octanol–water partition coefficient (Wildman–Crippen LogP) is -0.930. The summed E-state index contributed by atoms with van der Waals surface area (Å²) in [6.45, 7) is 2.17. The third-order valence-electron chi connectivity index (χ3n) is 5.03. The Kier molecular flexibility index (Phi) is 5.04. The topological polar surface area (TPSA) is 33.0 Å². The van der Waals surface area contributed by atoms with E-state index < -0.39 is 0 Å². The van der Waals surface area contributed by atoms with Crippen molar-refractivity contribution in [3.63, 3.8) is 0 Å². The SMILES string of the molecule is CC(NC(=O)c1cc[n+](C)cc1)C1CC2CCC1C2.[I-]. The Morgan fingerprint density at radius 3 is 2.55 bits per heavy atom. The van der Waals surface area contributed by atoms with E-state index in [0.29, 0.717) is 12.0 Å². The molecule has 4 atom stereocenters. The summed E-state index contributed by atoms with van der Waals surface area (Å²) in [5.41, 5.74) is 0.758. The molecular weight excluding hydrogens is 363 g/mol. The van der Waals surface area contributed by atoms with Gasteiger partial charge in [0.1, 0.15) is 7.05 Å². The van der Waals surface area contributed by atoms with Gasteiger partial charge >= 0.3 is 0 Å². The van der Waals surface area contributed by atoms with Crippen LogP contribution in [0, 0.1) is 17.8 Å². The van der Waals surface area contributed by atoms with E-state index in [2.05, 4.69) is 12.2 Å². The minimum Gasteiger partial charge on any atom is -1.00 e. The summed E-state index contributed by atoms with van der Waals surface area (Å²) in [6, 6.07) is 4.06. The molecule has 1 heterocycles. The van der Waals surface area contributed by atoms with Gasteiger partial charge in [-0.25, -0.2) is 4.57 Å². The monoisotopic (exact) mass is 386 g/mol. The fourth-order valence-corrected chi connectivity index (χ4v) is 3.96. The fourth-order valence-electron chi connectivity index (χ4n) is 3.96. The Hall–Kier alpha value is -0.650. The molecule has 3 rings (SSSR count). The number of nitrogens with zero attached hydrogens (tertiary/aromatic N) is 1. The van der Waals surface area contributed by atoms with Crippen molar-refractivity contribution in [2.75, 3.05) is 0 Å². The second-order valence-electron chi connectivity index (χ2n) is 6.35.